The molecule has 5 heterocycles. The molecule has 0 atom stereocenters. The van der Waals surface area contributed by atoms with Crippen molar-refractivity contribution in [3.63, 3.8) is 0 Å². The summed E-state index contributed by atoms with van der Waals surface area (Å²) in [6.07, 6.45) is 4.89. The summed E-state index contributed by atoms with van der Waals surface area (Å²) in [5.74, 6) is -0.247. The van der Waals surface area contributed by atoms with Crippen molar-refractivity contribution in [1.82, 2.24) is 30.5 Å². The van der Waals surface area contributed by atoms with Gasteiger partial charge < -0.3 is 10.3 Å². The lowest BCUT2D eigenvalue weighted by atomic mass is 10.0. The Hall–Kier alpha value is -3.84. The number of aromatic amines is 2. The molecule has 1 aliphatic heterocycles. The molecule has 0 aliphatic carbocycles. The number of hydrogen-bond acceptors (Lipinski definition) is 4. The van der Waals surface area contributed by atoms with Gasteiger partial charge in [-0.05, 0) is 78.6 Å². The third-order valence-electron chi connectivity index (χ3n) is 5.94. The highest BCUT2D eigenvalue weighted by Crippen LogP contribution is 2.33. The second-order valence-corrected chi connectivity index (χ2v) is 8.17. The monoisotopic (exact) mass is 424 g/mol. The predicted molar refractivity (Wildman–Crippen MR) is 125 cm³/mol. The van der Waals surface area contributed by atoms with E-state index in [4.69, 9.17) is 4.98 Å². The zero-order valence-corrected chi connectivity index (χ0v) is 17.5. The van der Waals surface area contributed by atoms with Crippen LogP contribution in [0.25, 0.3) is 50.2 Å². The maximum Gasteiger partial charge on any atom is 0.138 e. The van der Waals surface area contributed by atoms with Crippen molar-refractivity contribution in [2.24, 2.45) is 0 Å². The molecule has 7 heteroatoms. The highest BCUT2D eigenvalue weighted by atomic mass is 19.1. The van der Waals surface area contributed by atoms with Gasteiger partial charge in [0.25, 0.3) is 0 Å². The molecular formula is C25H21FN6. The lowest BCUT2D eigenvalue weighted by Crippen LogP contribution is -2.20. The van der Waals surface area contributed by atoms with Crippen molar-refractivity contribution >= 4 is 27.6 Å². The molecule has 0 radical (unpaired) electrons. The standard InChI is InChI=1S/C25H21FN6/c1-14-10-16(12-17(26)11-14)18-6-9-28-25-19(18)13-22(30-25)24-23-21(31-32-24)3-2-20(29-23)15-4-7-27-8-5-15/h2-4,6,9-13,27H,5,7-8H2,1H3,(H,28,30)(H,31,32). The van der Waals surface area contributed by atoms with E-state index in [0.717, 1.165) is 75.3 Å². The molecule has 0 fully saturated rings. The van der Waals surface area contributed by atoms with Crippen LogP contribution >= 0.6 is 0 Å². The number of rotatable bonds is 3. The largest absolute Gasteiger partial charge is 0.338 e. The van der Waals surface area contributed by atoms with Gasteiger partial charge in [-0.15, -0.1) is 0 Å². The number of aryl methyl sites for hydroxylation is 1. The Morgan fingerprint density at radius 1 is 1.06 bits per heavy atom. The number of hydrogen-bond donors (Lipinski definition) is 3. The van der Waals surface area contributed by atoms with Crippen molar-refractivity contribution in [3.05, 3.63) is 71.8 Å². The minimum absolute atomic E-state index is 0.247. The van der Waals surface area contributed by atoms with Crippen LogP contribution < -0.4 is 5.32 Å². The van der Waals surface area contributed by atoms with Crippen LogP contribution in [0.15, 0.2) is 54.7 Å². The van der Waals surface area contributed by atoms with Crippen LogP contribution in [0.1, 0.15) is 17.7 Å². The van der Waals surface area contributed by atoms with Crippen molar-refractivity contribution < 1.29 is 4.39 Å². The zero-order chi connectivity index (χ0) is 21.7. The first-order chi connectivity index (χ1) is 15.7. The van der Waals surface area contributed by atoms with Crippen molar-refractivity contribution in [3.8, 4) is 22.5 Å². The molecule has 1 aromatic carbocycles. The molecule has 0 amide bonds. The van der Waals surface area contributed by atoms with Crippen LogP contribution in [0.2, 0.25) is 0 Å². The van der Waals surface area contributed by atoms with E-state index in [9.17, 15) is 4.39 Å². The van der Waals surface area contributed by atoms with Crippen LogP contribution in [-0.2, 0) is 0 Å². The summed E-state index contributed by atoms with van der Waals surface area (Å²) in [6, 6.07) is 13.1. The minimum Gasteiger partial charge on any atom is -0.338 e. The van der Waals surface area contributed by atoms with Gasteiger partial charge in [0.05, 0.1) is 16.9 Å². The van der Waals surface area contributed by atoms with Gasteiger partial charge >= 0.3 is 0 Å². The molecule has 0 bridgehead atoms. The number of benzene rings is 1. The van der Waals surface area contributed by atoms with E-state index in [2.05, 4.69) is 31.6 Å². The van der Waals surface area contributed by atoms with E-state index >= 15 is 0 Å². The van der Waals surface area contributed by atoms with Crippen LogP contribution in [0, 0.1) is 12.7 Å². The number of aromatic nitrogens is 5. The molecule has 0 unspecified atom stereocenters. The Balaban J connectivity index is 1.49. The minimum atomic E-state index is -0.247. The fourth-order valence-corrected chi connectivity index (χ4v) is 4.42. The Morgan fingerprint density at radius 2 is 2.00 bits per heavy atom. The van der Waals surface area contributed by atoms with Gasteiger partial charge in [0.1, 0.15) is 22.7 Å². The quantitative estimate of drug-likeness (QED) is 0.381. The average molecular weight is 424 g/mol. The first kappa shape index (κ1) is 18.9. The average Bonchev–Trinajstić information content (AvgIpc) is 3.42. The van der Waals surface area contributed by atoms with Crippen molar-refractivity contribution in [1.29, 1.82) is 0 Å². The molecule has 3 N–H and O–H groups in total. The van der Waals surface area contributed by atoms with Gasteiger partial charge in [-0.2, -0.15) is 5.10 Å². The van der Waals surface area contributed by atoms with Gasteiger partial charge in [0.15, 0.2) is 0 Å². The number of H-pyrrole nitrogens is 2. The summed E-state index contributed by atoms with van der Waals surface area (Å²) in [7, 11) is 0. The molecule has 6 nitrogen and oxygen atoms in total. The summed E-state index contributed by atoms with van der Waals surface area (Å²) in [6.45, 7) is 3.72. The van der Waals surface area contributed by atoms with E-state index in [-0.39, 0.29) is 5.82 Å². The van der Waals surface area contributed by atoms with Gasteiger partial charge in [-0.1, -0.05) is 12.1 Å². The second kappa shape index (κ2) is 7.39. The molecule has 0 saturated heterocycles. The van der Waals surface area contributed by atoms with E-state index in [0.29, 0.717) is 0 Å². The lowest BCUT2D eigenvalue weighted by Gasteiger charge is -2.13. The van der Waals surface area contributed by atoms with Crippen molar-refractivity contribution in [2.75, 3.05) is 13.1 Å². The van der Waals surface area contributed by atoms with Gasteiger partial charge in [-0.3, -0.25) is 5.10 Å². The Bertz CT molecular complexity index is 1490. The fourth-order valence-electron chi connectivity index (χ4n) is 4.42. The number of nitrogens with zero attached hydrogens (tertiary/aromatic N) is 3. The molecule has 6 rings (SSSR count). The van der Waals surface area contributed by atoms with Crippen LogP contribution in [0.3, 0.4) is 0 Å². The van der Waals surface area contributed by atoms with Gasteiger partial charge in [-0.25, -0.2) is 14.4 Å². The zero-order valence-electron chi connectivity index (χ0n) is 17.5. The summed E-state index contributed by atoms with van der Waals surface area (Å²) in [4.78, 5) is 12.8. The number of halogens is 1. The Morgan fingerprint density at radius 3 is 2.84 bits per heavy atom. The topological polar surface area (TPSA) is 82.3 Å². The van der Waals surface area contributed by atoms with Crippen LogP contribution in [0.5, 0.6) is 0 Å². The molecule has 0 saturated carbocycles. The summed E-state index contributed by atoms with van der Waals surface area (Å²) < 4.78 is 14.1. The Labute approximate surface area is 183 Å². The highest BCUT2D eigenvalue weighted by molar-refractivity contribution is 5.99. The lowest BCUT2D eigenvalue weighted by molar-refractivity contribution is 0.627. The molecule has 4 aromatic heterocycles. The first-order valence-corrected chi connectivity index (χ1v) is 10.7. The van der Waals surface area contributed by atoms with Crippen LogP contribution in [0.4, 0.5) is 4.39 Å². The van der Waals surface area contributed by atoms with E-state index in [1.807, 2.05) is 37.3 Å². The SMILES string of the molecule is Cc1cc(F)cc(-c2ccnc3[nH]c(-c4n[nH]c5ccc(C6=CCNCC6)nc45)cc23)c1. The number of pyridine rings is 2. The number of fused-ring (bicyclic) bond motifs is 2. The summed E-state index contributed by atoms with van der Waals surface area (Å²) in [5, 5.41) is 11.9. The van der Waals surface area contributed by atoms with Gasteiger partial charge in [0.2, 0.25) is 0 Å². The number of nitrogens with one attached hydrogen (secondary N) is 3. The predicted octanol–water partition coefficient (Wildman–Crippen LogP) is 4.99. The molecule has 0 spiro atoms. The third kappa shape index (κ3) is 3.18. The van der Waals surface area contributed by atoms with Crippen molar-refractivity contribution in [2.45, 2.75) is 13.3 Å². The molecular weight excluding hydrogens is 403 g/mol. The van der Waals surface area contributed by atoms with E-state index < -0.39 is 0 Å². The third-order valence-corrected chi connectivity index (χ3v) is 5.94. The van der Waals surface area contributed by atoms with Gasteiger partial charge in [0, 0.05) is 18.1 Å². The maximum atomic E-state index is 14.1. The molecule has 158 valence electrons. The first-order valence-electron chi connectivity index (χ1n) is 10.7. The van der Waals surface area contributed by atoms with Crippen LogP contribution in [-0.4, -0.2) is 38.2 Å². The highest BCUT2D eigenvalue weighted by Gasteiger charge is 2.17. The van der Waals surface area contributed by atoms with E-state index in [1.165, 1.54) is 11.6 Å². The normalized spacial score (nSPS) is 14.2. The summed E-state index contributed by atoms with van der Waals surface area (Å²) >= 11 is 0. The second-order valence-electron chi connectivity index (χ2n) is 8.17. The smallest absolute Gasteiger partial charge is 0.138 e. The Kier molecular flexibility index (Phi) is 4.36. The molecule has 5 aromatic rings. The fraction of sp³-hybridized carbons (Fsp3) is 0.160. The summed E-state index contributed by atoms with van der Waals surface area (Å²) in [5.41, 5.74) is 8.85. The maximum absolute atomic E-state index is 14.1. The molecule has 1 aliphatic rings. The van der Waals surface area contributed by atoms with E-state index in [1.54, 1.807) is 12.3 Å². The molecule has 32 heavy (non-hydrogen) atoms.